The summed E-state index contributed by atoms with van der Waals surface area (Å²) >= 11 is 6.22. The molecule has 0 unspecified atom stereocenters. The van der Waals surface area contributed by atoms with Crippen LogP contribution in [0.25, 0.3) is 0 Å². The van der Waals surface area contributed by atoms with Gasteiger partial charge in [-0.2, -0.15) is 0 Å². The van der Waals surface area contributed by atoms with E-state index in [1.165, 1.54) is 7.11 Å². The van der Waals surface area contributed by atoms with Crippen LogP contribution in [0.5, 0.6) is 0 Å². The molecule has 1 aliphatic heterocycles. The summed E-state index contributed by atoms with van der Waals surface area (Å²) in [5, 5.41) is 7.49. The standard InChI is InChI=1S/C22H21ClN2O3/c1-12-10-17-19(21(26)18(12)22(27)28-2)20(13-6-5-7-14(23)11-13)25-16-9-4-3-8-15(16)24-17/h3-9,11-12,18,20,24-25H,10H2,1-2H3/t12-,18-,20-/m1/s1. The summed E-state index contributed by atoms with van der Waals surface area (Å²) < 4.78 is 4.92. The van der Waals surface area contributed by atoms with Gasteiger partial charge in [-0.05, 0) is 42.2 Å². The molecule has 2 N–H and O–H groups in total. The number of allylic oxidation sites excluding steroid dienone is 1. The Morgan fingerprint density at radius 2 is 1.89 bits per heavy atom. The summed E-state index contributed by atoms with van der Waals surface area (Å²) in [4.78, 5) is 25.8. The Kier molecular flexibility index (Phi) is 4.85. The van der Waals surface area contributed by atoms with E-state index in [0.717, 1.165) is 22.6 Å². The molecule has 2 aromatic rings. The number of hydrogen-bond donors (Lipinski definition) is 2. The molecule has 3 atom stereocenters. The van der Waals surface area contributed by atoms with Gasteiger partial charge in [0, 0.05) is 16.3 Å². The van der Waals surface area contributed by atoms with E-state index in [9.17, 15) is 9.59 Å². The normalized spacial score (nSPS) is 23.7. The van der Waals surface area contributed by atoms with Crippen molar-refractivity contribution >= 4 is 34.7 Å². The second-order valence-electron chi connectivity index (χ2n) is 7.24. The van der Waals surface area contributed by atoms with Crippen LogP contribution in [0.15, 0.2) is 59.8 Å². The molecule has 0 saturated heterocycles. The number of carbonyl (C=O) groups is 2. The zero-order chi connectivity index (χ0) is 19.8. The summed E-state index contributed by atoms with van der Waals surface area (Å²) in [5.41, 5.74) is 4.05. The number of para-hydroxylation sites is 2. The minimum atomic E-state index is -0.810. The third-order valence-electron chi connectivity index (χ3n) is 5.41. The molecule has 2 aromatic carbocycles. The highest BCUT2D eigenvalue weighted by molar-refractivity contribution is 6.30. The van der Waals surface area contributed by atoms with Crippen LogP contribution in [0.3, 0.4) is 0 Å². The molecule has 0 bridgehead atoms. The molecule has 1 aliphatic carbocycles. The fourth-order valence-electron chi connectivity index (χ4n) is 4.07. The van der Waals surface area contributed by atoms with E-state index in [4.69, 9.17) is 16.3 Å². The van der Waals surface area contributed by atoms with Gasteiger partial charge in [-0.1, -0.05) is 42.8 Å². The lowest BCUT2D eigenvalue weighted by atomic mass is 9.75. The van der Waals surface area contributed by atoms with Gasteiger partial charge in [0.15, 0.2) is 5.78 Å². The lowest BCUT2D eigenvalue weighted by Crippen LogP contribution is -2.39. The Bertz CT molecular complexity index is 985. The predicted molar refractivity (Wildman–Crippen MR) is 109 cm³/mol. The Hall–Kier alpha value is -2.79. The number of benzene rings is 2. The van der Waals surface area contributed by atoms with E-state index in [-0.39, 0.29) is 11.7 Å². The highest BCUT2D eigenvalue weighted by Gasteiger charge is 2.44. The zero-order valence-corrected chi connectivity index (χ0v) is 16.4. The van der Waals surface area contributed by atoms with Gasteiger partial charge < -0.3 is 15.4 Å². The molecule has 1 heterocycles. The summed E-state index contributed by atoms with van der Waals surface area (Å²) in [6.07, 6.45) is 0.577. The van der Waals surface area contributed by atoms with Crippen molar-refractivity contribution in [2.24, 2.45) is 11.8 Å². The highest BCUT2D eigenvalue weighted by atomic mass is 35.5. The number of fused-ring (bicyclic) bond motifs is 1. The fourth-order valence-corrected chi connectivity index (χ4v) is 4.27. The van der Waals surface area contributed by atoms with Crippen molar-refractivity contribution in [1.29, 1.82) is 0 Å². The number of methoxy groups -OCH3 is 1. The molecule has 0 spiro atoms. The van der Waals surface area contributed by atoms with Crippen molar-refractivity contribution in [3.63, 3.8) is 0 Å². The van der Waals surface area contributed by atoms with Crippen molar-refractivity contribution in [3.05, 3.63) is 70.4 Å². The largest absolute Gasteiger partial charge is 0.468 e. The molecule has 6 heteroatoms. The molecule has 0 aromatic heterocycles. The third kappa shape index (κ3) is 3.16. The highest BCUT2D eigenvalue weighted by Crippen LogP contribution is 2.43. The molecular weight excluding hydrogens is 376 g/mol. The molecule has 144 valence electrons. The van der Waals surface area contributed by atoms with Crippen LogP contribution in [0.1, 0.15) is 24.9 Å². The van der Waals surface area contributed by atoms with Gasteiger partial charge in [0.25, 0.3) is 0 Å². The Labute approximate surface area is 168 Å². The summed E-state index contributed by atoms with van der Waals surface area (Å²) in [7, 11) is 1.32. The summed E-state index contributed by atoms with van der Waals surface area (Å²) in [6, 6.07) is 14.8. The molecule has 4 rings (SSSR count). The maximum Gasteiger partial charge on any atom is 0.316 e. The van der Waals surface area contributed by atoms with Crippen molar-refractivity contribution in [3.8, 4) is 0 Å². The summed E-state index contributed by atoms with van der Waals surface area (Å²) in [5.74, 6) is -1.67. The van der Waals surface area contributed by atoms with Gasteiger partial charge in [-0.15, -0.1) is 0 Å². The number of ketones is 1. The SMILES string of the molecule is COC(=O)[C@H]1C(=O)C2=C(C[C@H]1C)Nc1ccccc1N[C@@H]2c1cccc(Cl)c1. The van der Waals surface area contributed by atoms with Crippen molar-refractivity contribution in [2.75, 3.05) is 17.7 Å². The molecule has 0 radical (unpaired) electrons. The number of rotatable bonds is 2. The maximum absolute atomic E-state index is 13.5. The van der Waals surface area contributed by atoms with Gasteiger partial charge >= 0.3 is 5.97 Å². The van der Waals surface area contributed by atoms with E-state index in [1.54, 1.807) is 6.07 Å². The van der Waals surface area contributed by atoms with E-state index in [1.807, 2.05) is 49.4 Å². The maximum atomic E-state index is 13.5. The number of hydrogen-bond acceptors (Lipinski definition) is 5. The molecule has 0 fully saturated rings. The quantitative estimate of drug-likeness (QED) is 0.575. The first kappa shape index (κ1) is 18.6. The van der Waals surface area contributed by atoms with Crippen LogP contribution in [-0.2, 0) is 14.3 Å². The molecule has 5 nitrogen and oxygen atoms in total. The van der Waals surface area contributed by atoms with Gasteiger partial charge in [-0.3, -0.25) is 9.59 Å². The van der Waals surface area contributed by atoms with Crippen molar-refractivity contribution in [1.82, 2.24) is 0 Å². The average Bonchev–Trinajstić information content (AvgIpc) is 2.84. The van der Waals surface area contributed by atoms with E-state index in [2.05, 4.69) is 10.6 Å². The van der Waals surface area contributed by atoms with Crippen molar-refractivity contribution in [2.45, 2.75) is 19.4 Å². The van der Waals surface area contributed by atoms with Gasteiger partial charge in [0.2, 0.25) is 0 Å². The van der Waals surface area contributed by atoms with Gasteiger partial charge in [0.1, 0.15) is 5.92 Å². The smallest absolute Gasteiger partial charge is 0.316 e. The van der Waals surface area contributed by atoms with Crippen LogP contribution in [0.2, 0.25) is 5.02 Å². The predicted octanol–water partition coefficient (Wildman–Crippen LogP) is 4.57. The Morgan fingerprint density at radius 3 is 2.61 bits per heavy atom. The monoisotopic (exact) mass is 396 g/mol. The first-order chi connectivity index (χ1) is 13.5. The van der Waals surface area contributed by atoms with Crippen LogP contribution in [-0.4, -0.2) is 18.9 Å². The number of carbonyl (C=O) groups excluding carboxylic acids is 2. The average molecular weight is 397 g/mol. The molecule has 2 aliphatic rings. The van der Waals surface area contributed by atoms with Gasteiger partial charge in [-0.25, -0.2) is 0 Å². The van der Waals surface area contributed by atoms with Crippen LogP contribution in [0, 0.1) is 11.8 Å². The number of nitrogens with one attached hydrogen (secondary N) is 2. The Morgan fingerprint density at radius 1 is 1.14 bits per heavy atom. The number of esters is 1. The second kappa shape index (κ2) is 7.32. The van der Waals surface area contributed by atoms with Crippen LogP contribution in [0.4, 0.5) is 11.4 Å². The zero-order valence-electron chi connectivity index (χ0n) is 15.7. The number of anilines is 2. The minimum absolute atomic E-state index is 0.156. The van der Waals surface area contributed by atoms with Crippen LogP contribution < -0.4 is 10.6 Å². The minimum Gasteiger partial charge on any atom is -0.468 e. The number of halogens is 1. The second-order valence-corrected chi connectivity index (χ2v) is 7.68. The van der Waals surface area contributed by atoms with Gasteiger partial charge in [0.05, 0.1) is 24.5 Å². The van der Waals surface area contributed by atoms with E-state index in [0.29, 0.717) is 17.0 Å². The third-order valence-corrected chi connectivity index (χ3v) is 5.64. The summed E-state index contributed by atoms with van der Waals surface area (Å²) in [6.45, 7) is 1.91. The number of Topliss-reactive ketones (excluding diaryl/α,β-unsaturated/α-hetero) is 1. The van der Waals surface area contributed by atoms with E-state index < -0.39 is 17.9 Å². The topological polar surface area (TPSA) is 67.4 Å². The first-order valence-corrected chi connectivity index (χ1v) is 9.60. The molecule has 28 heavy (non-hydrogen) atoms. The Balaban J connectivity index is 1.88. The molecule has 0 saturated carbocycles. The van der Waals surface area contributed by atoms with Crippen LogP contribution >= 0.6 is 11.6 Å². The number of ether oxygens (including phenoxy) is 1. The first-order valence-electron chi connectivity index (χ1n) is 9.22. The lowest BCUT2D eigenvalue weighted by Gasteiger charge is -2.32. The molecule has 0 amide bonds. The molecular formula is C22H21ClN2O3. The van der Waals surface area contributed by atoms with E-state index >= 15 is 0 Å². The fraction of sp³-hybridized carbons (Fsp3) is 0.273. The lowest BCUT2D eigenvalue weighted by molar-refractivity contribution is -0.151. The van der Waals surface area contributed by atoms with Crippen molar-refractivity contribution < 1.29 is 14.3 Å².